The predicted molar refractivity (Wildman–Crippen MR) is 429 cm³/mol. The second-order valence-corrected chi connectivity index (χ2v) is 28.5. The molecule has 0 bridgehead atoms. The molecule has 45 nitrogen and oxygen atoms in total. The van der Waals surface area contributed by atoms with Crippen LogP contribution < -0.4 is 36.4 Å². The minimum Gasteiger partial charge on any atom is -0.494 e. The molecule has 0 aliphatic heterocycles. The van der Waals surface area contributed by atoms with Gasteiger partial charge in [0.05, 0.1) is 60.4 Å². The number of aldehydes is 1. The van der Waals surface area contributed by atoms with E-state index in [9.17, 15) is 76.2 Å². The summed E-state index contributed by atoms with van der Waals surface area (Å²) in [6, 6.07) is 8.07. The number of aryl methyl sites for hydroxylation is 2. The van der Waals surface area contributed by atoms with Gasteiger partial charge in [0.15, 0.2) is 46.3 Å². The summed E-state index contributed by atoms with van der Waals surface area (Å²) in [7, 11) is 2.89. The second kappa shape index (κ2) is 42.3. The highest BCUT2D eigenvalue weighted by atomic mass is 32.2. The maximum atomic E-state index is 14.2. The molecule has 0 saturated heterocycles. The smallest absolute Gasteiger partial charge is 0.419 e. The highest BCUT2D eigenvalue weighted by Gasteiger charge is 2.43. The summed E-state index contributed by atoms with van der Waals surface area (Å²) in [4.78, 5) is 106. The van der Waals surface area contributed by atoms with E-state index in [1.807, 2.05) is 18.4 Å². The molecule has 1 atom stereocenters. The normalized spacial score (nSPS) is 12.6. The zero-order chi connectivity index (χ0) is 89.7. The van der Waals surface area contributed by atoms with Gasteiger partial charge in [-0.1, -0.05) is 45.1 Å². The molecule has 11 aromatic heterocycles. The number of unbranched alkanes of at least 4 members (excludes halogenated alkanes) is 1. The number of pyridine rings is 4. The molecule has 1 fully saturated rings. The molecule has 1 aliphatic carbocycles. The Hall–Kier alpha value is -14.0. The largest absolute Gasteiger partial charge is 0.494 e. The maximum absolute atomic E-state index is 14.2. The number of alkyl halides is 3. The number of aromatic nitrogens is 18. The van der Waals surface area contributed by atoms with E-state index in [0.717, 1.165) is 75.3 Å². The standard InChI is InChI=1S/C21H30N6O6.C19H19F3N8O3.C19H16N6O5S.C14H18N6O5S/c1-13(2)33-18-16(11-28)19(29)26(9-10-32-12-31-4)20(30)17(18)23-25-21-24-22-14(3)27(21)15-7-5-6-8-15;1-3-5-8-29-10-25-27-18(29)28-26-15-14(19(20,21)22)13(11-9-23-6-7-24-11)16(32)30(17(15)33)12(31)4-2;1-3-15(27)30-12-10-13(26)25(14-7-5-9-31-14)18(28)16(12)20-22-19-23-21-17(24(19)2)11-6-4-8-29-11;1-6-25-14-18-17-13(20(14)8(3)21)16-15-9-7(2)10(26(5)24)12(23)19(4)11(9)22/h11,13,15,29H,5-10,12H2,1-4H3;6-7,9-10,32H,3-5,8H2,1-2H3;4-10,28H,3H2,1-2H3;23H,6H2,1-5H3. The molecule has 11 heterocycles. The topological polar surface area (TPSA) is 561 Å². The van der Waals surface area contributed by atoms with Gasteiger partial charge in [-0.2, -0.15) is 17.7 Å². The lowest BCUT2D eigenvalue weighted by Crippen LogP contribution is -2.29. The summed E-state index contributed by atoms with van der Waals surface area (Å²) < 4.78 is 94.9. The number of nitrogens with zero attached hydrogens (tertiary/aromatic N) is 26. The first-order valence-corrected chi connectivity index (χ1v) is 39.8. The monoisotopic (exact) mass is 1750 g/mol. The number of hydrogen-bond acceptors (Lipinski definition) is 38. The number of methoxy groups -OCH3 is 1. The van der Waals surface area contributed by atoms with Crippen LogP contribution in [0.5, 0.6) is 41.0 Å². The van der Waals surface area contributed by atoms with Gasteiger partial charge in [-0.15, -0.1) is 87.9 Å². The third-order valence-electron chi connectivity index (χ3n) is 17.5. The van der Waals surface area contributed by atoms with Gasteiger partial charge in [-0.05, 0) is 83.5 Å². The van der Waals surface area contributed by atoms with Crippen molar-refractivity contribution in [2.75, 3.05) is 33.4 Å². The Bertz CT molecular complexity index is 6020. The summed E-state index contributed by atoms with van der Waals surface area (Å²) >= 11 is 1.24. The lowest BCUT2D eigenvalue weighted by molar-refractivity contribution is -0.137. The fourth-order valence-corrected chi connectivity index (χ4v) is 13.4. The Morgan fingerprint density at radius 2 is 1.45 bits per heavy atom. The van der Waals surface area contributed by atoms with Crippen molar-refractivity contribution >= 4 is 92.7 Å². The first-order valence-electron chi connectivity index (χ1n) is 37.3. The van der Waals surface area contributed by atoms with Gasteiger partial charge in [-0.3, -0.25) is 75.4 Å². The van der Waals surface area contributed by atoms with E-state index in [4.69, 9.17) is 28.1 Å². The van der Waals surface area contributed by atoms with E-state index in [0.29, 0.717) is 35.2 Å². The van der Waals surface area contributed by atoms with Crippen molar-refractivity contribution in [2.45, 2.75) is 150 Å². The number of aromatic hydroxyl groups is 4. The number of thiophene rings is 1. The Morgan fingerprint density at radius 1 is 0.764 bits per heavy atom. The van der Waals surface area contributed by atoms with Gasteiger partial charge < -0.3 is 48.5 Å². The molecule has 1 aliphatic rings. The fraction of sp³-hybridized carbons (Fsp3) is 0.397. The van der Waals surface area contributed by atoms with Crippen molar-refractivity contribution in [1.82, 2.24) is 87.3 Å². The molecule has 0 aromatic carbocycles. The molecule has 11 aromatic rings. The zero-order valence-corrected chi connectivity index (χ0v) is 69.9. The number of carbonyl (C=O) groups is 4. The van der Waals surface area contributed by atoms with Crippen LogP contribution in [0.15, 0.2) is 136 Å². The van der Waals surface area contributed by atoms with E-state index < -0.39 is 103 Å². The average molecular weight is 1750 g/mol. The third-order valence-corrected chi connectivity index (χ3v) is 19.5. The minimum atomic E-state index is -5.16. The summed E-state index contributed by atoms with van der Waals surface area (Å²) in [5, 5.41) is 106. The van der Waals surface area contributed by atoms with Crippen LogP contribution in [0.4, 0.5) is 59.7 Å². The maximum Gasteiger partial charge on any atom is 0.419 e. The molecule has 1 saturated carbocycles. The Labute approximate surface area is 700 Å². The fourth-order valence-electron chi connectivity index (χ4n) is 11.7. The molecule has 0 amide bonds. The minimum absolute atomic E-state index is 0.0212. The van der Waals surface area contributed by atoms with Crippen molar-refractivity contribution in [3.8, 4) is 68.9 Å². The van der Waals surface area contributed by atoms with Gasteiger partial charge in [0.25, 0.3) is 46.0 Å². The van der Waals surface area contributed by atoms with Gasteiger partial charge in [0.1, 0.15) is 40.0 Å². The lowest BCUT2D eigenvalue weighted by atomic mass is 10.0. The number of ether oxygens (including phenoxy) is 5. The molecule has 0 radical (unpaired) electrons. The quantitative estimate of drug-likeness (QED) is 0.0111. The number of rotatable bonds is 29. The van der Waals surface area contributed by atoms with Gasteiger partial charge in [0, 0.05) is 83.8 Å². The molecule has 1 unspecified atom stereocenters. The van der Waals surface area contributed by atoms with Crippen molar-refractivity contribution in [3.63, 3.8) is 0 Å². The van der Waals surface area contributed by atoms with Crippen LogP contribution in [-0.4, -0.2) is 175 Å². The van der Waals surface area contributed by atoms with Crippen molar-refractivity contribution in [3.05, 3.63) is 131 Å². The van der Waals surface area contributed by atoms with Crippen molar-refractivity contribution in [2.24, 2.45) is 55.0 Å². The lowest BCUT2D eigenvalue weighted by Gasteiger charge is -2.18. The summed E-state index contributed by atoms with van der Waals surface area (Å²) in [5.41, 5.74) is -8.05. The second-order valence-electron chi connectivity index (χ2n) is 26.2. The number of azo groups is 4. The van der Waals surface area contributed by atoms with Crippen molar-refractivity contribution in [1.29, 1.82) is 0 Å². The van der Waals surface area contributed by atoms with Gasteiger partial charge >= 0.3 is 18.2 Å². The highest BCUT2D eigenvalue weighted by molar-refractivity contribution is 7.84. The van der Waals surface area contributed by atoms with Crippen LogP contribution in [0.1, 0.15) is 143 Å². The number of hydrogen-bond donors (Lipinski definition) is 4. The summed E-state index contributed by atoms with van der Waals surface area (Å²) in [6.45, 7) is 15.5. The van der Waals surface area contributed by atoms with Gasteiger partial charge in [0.2, 0.25) is 41.2 Å². The molecular weight excluding hydrogens is 1670 g/mol. The van der Waals surface area contributed by atoms with E-state index in [1.54, 1.807) is 64.4 Å². The van der Waals surface area contributed by atoms with Crippen molar-refractivity contribution < 1.29 is 85.1 Å². The van der Waals surface area contributed by atoms with E-state index in [1.165, 1.54) is 80.4 Å². The van der Waals surface area contributed by atoms with Gasteiger partial charge in [-0.25, -0.2) is 9.13 Å². The first-order chi connectivity index (χ1) is 58.8. The predicted octanol–water partition coefficient (Wildman–Crippen LogP) is 12.0. The molecule has 4 N–H and O–H groups in total. The van der Waals surface area contributed by atoms with Crippen LogP contribution in [0.25, 0.3) is 27.8 Å². The van der Waals surface area contributed by atoms with Crippen LogP contribution >= 0.6 is 11.3 Å². The average Bonchev–Trinajstić information content (AvgIpc) is 1.46. The van der Waals surface area contributed by atoms with Crippen LogP contribution in [0.2, 0.25) is 0 Å². The number of carbonyl (C=O) groups excluding carboxylic acids is 4. The summed E-state index contributed by atoms with van der Waals surface area (Å²) in [6.07, 6.45) is 7.90. The molecule has 123 heavy (non-hydrogen) atoms. The number of halogens is 3. The highest BCUT2D eigenvalue weighted by Crippen LogP contribution is 2.46. The number of furan rings is 1. The first kappa shape index (κ1) is 92.8. The number of esters is 1. The van der Waals surface area contributed by atoms with Crippen LogP contribution in [0.3, 0.4) is 0 Å². The zero-order valence-electron chi connectivity index (χ0n) is 68.3. The van der Waals surface area contributed by atoms with E-state index >= 15 is 0 Å². The Balaban J connectivity index is 0.000000187. The van der Waals surface area contributed by atoms with E-state index in [-0.39, 0.29) is 130 Å². The Morgan fingerprint density at radius 3 is 2.07 bits per heavy atom. The molecule has 652 valence electrons. The molecule has 0 spiro atoms. The van der Waals surface area contributed by atoms with Crippen LogP contribution in [0, 0.1) is 13.8 Å². The third kappa shape index (κ3) is 21.6. The molecule has 50 heteroatoms. The van der Waals surface area contributed by atoms with Crippen LogP contribution in [-0.2, 0) is 58.4 Å². The SMILES string of the molecule is CCC(=O)Oc1cc(=O)n(-c2cccs2)c(O)c1N=Nc1nnc(-c2ccco2)n1C.CCCCn1cnnc1N=Nc1c(C(F)(F)F)c(-c2cnccn2)c(O)n(C(=O)CC)c1=O.CCOc1nnc(N=Nc2c(C)c(S(C)=O)c(O)n(C)c2=O)n1C(C)=O.COCOCCn1c(O)c(C=O)c(OC(C)C)c(N=Nc2nnc(C)n2C2CCCC2)c1=O. The molecule has 12 rings (SSSR count). The Kier molecular flexibility index (Phi) is 31.9. The summed E-state index contributed by atoms with van der Waals surface area (Å²) in [5.74, 6) is -3.31. The molecular formula is C73H83F3N26O19S2. The van der Waals surface area contributed by atoms with E-state index in [2.05, 4.69) is 91.7 Å².